The van der Waals surface area contributed by atoms with Crippen LogP contribution >= 0.6 is 0 Å². The lowest BCUT2D eigenvalue weighted by Crippen LogP contribution is -2.49. The molecule has 9 heteroatoms. The molecule has 1 aromatic heterocycles. The molecule has 0 spiro atoms. The zero-order valence-corrected chi connectivity index (χ0v) is 16.9. The third kappa shape index (κ3) is 4.06. The molecule has 0 saturated carbocycles. The van der Waals surface area contributed by atoms with Crippen molar-refractivity contribution in [3.05, 3.63) is 46.9 Å². The molecule has 1 aromatic carbocycles. The van der Waals surface area contributed by atoms with E-state index in [1.54, 1.807) is 0 Å². The highest BCUT2D eigenvalue weighted by Crippen LogP contribution is 2.23. The molecule has 4 rings (SSSR count). The van der Waals surface area contributed by atoms with Crippen molar-refractivity contribution in [2.45, 2.75) is 26.2 Å². The molecule has 0 atom stereocenters. The van der Waals surface area contributed by atoms with Crippen LogP contribution in [0.5, 0.6) is 0 Å². The van der Waals surface area contributed by atoms with Gasteiger partial charge in [0.05, 0.1) is 5.56 Å². The van der Waals surface area contributed by atoms with Gasteiger partial charge in [0.2, 0.25) is 5.95 Å². The molecule has 2 fully saturated rings. The first-order chi connectivity index (χ1) is 14.4. The summed E-state index contributed by atoms with van der Waals surface area (Å²) in [7, 11) is 0. The van der Waals surface area contributed by atoms with E-state index in [0.29, 0.717) is 26.2 Å². The predicted octanol–water partition coefficient (Wildman–Crippen LogP) is 3.16. The summed E-state index contributed by atoms with van der Waals surface area (Å²) >= 11 is 0. The maximum atomic E-state index is 14.0. The van der Waals surface area contributed by atoms with Crippen molar-refractivity contribution in [1.82, 2.24) is 14.9 Å². The lowest BCUT2D eigenvalue weighted by Gasteiger charge is -2.36. The third-order valence-corrected chi connectivity index (χ3v) is 5.62. The standard InChI is InChI=1S/C21H24F3N5O/c1-14-13-17(26-21(25-14)29-7-3-2-4-8-29)27-9-11-28(12-10-27)20(30)15-5-6-16(22)19(24)18(15)23/h5-6,13H,2-4,7-12H2,1H3. The fourth-order valence-corrected chi connectivity index (χ4v) is 3.93. The van der Waals surface area contributed by atoms with Crippen molar-refractivity contribution in [3.63, 3.8) is 0 Å². The van der Waals surface area contributed by atoms with Gasteiger partial charge in [-0.2, -0.15) is 4.98 Å². The summed E-state index contributed by atoms with van der Waals surface area (Å²) in [6.45, 7) is 5.51. The van der Waals surface area contributed by atoms with Crippen LogP contribution in [-0.2, 0) is 0 Å². The number of aryl methyl sites for hydroxylation is 1. The number of carbonyl (C=O) groups excluding carboxylic acids is 1. The van der Waals surface area contributed by atoms with Crippen LogP contribution in [0.2, 0.25) is 0 Å². The summed E-state index contributed by atoms with van der Waals surface area (Å²) in [5.41, 5.74) is 0.426. The van der Waals surface area contributed by atoms with Gasteiger partial charge in [-0.25, -0.2) is 18.2 Å². The summed E-state index contributed by atoms with van der Waals surface area (Å²) in [5.74, 6) is -3.49. The maximum absolute atomic E-state index is 14.0. The number of halogens is 3. The van der Waals surface area contributed by atoms with Gasteiger partial charge in [-0.1, -0.05) is 0 Å². The van der Waals surface area contributed by atoms with E-state index in [1.165, 1.54) is 11.3 Å². The number of anilines is 2. The van der Waals surface area contributed by atoms with Crippen LogP contribution in [0.1, 0.15) is 35.3 Å². The van der Waals surface area contributed by atoms with Crippen molar-refractivity contribution < 1.29 is 18.0 Å². The summed E-state index contributed by atoms with van der Waals surface area (Å²) in [4.78, 5) is 27.6. The minimum absolute atomic E-state index is 0.333. The second kappa shape index (κ2) is 8.49. The number of piperidine rings is 1. The smallest absolute Gasteiger partial charge is 0.257 e. The summed E-state index contributed by atoms with van der Waals surface area (Å²) < 4.78 is 40.6. The average Bonchev–Trinajstić information content (AvgIpc) is 2.77. The van der Waals surface area contributed by atoms with Crippen molar-refractivity contribution in [3.8, 4) is 0 Å². The Morgan fingerprint density at radius 2 is 1.57 bits per heavy atom. The molecule has 2 aromatic rings. The van der Waals surface area contributed by atoms with E-state index in [0.717, 1.165) is 55.5 Å². The summed E-state index contributed by atoms with van der Waals surface area (Å²) in [6, 6.07) is 3.68. The number of rotatable bonds is 3. The molecule has 0 radical (unpaired) electrons. The summed E-state index contributed by atoms with van der Waals surface area (Å²) in [5, 5.41) is 0. The highest BCUT2D eigenvalue weighted by atomic mass is 19.2. The van der Waals surface area contributed by atoms with E-state index in [1.807, 2.05) is 13.0 Å². The molecule has 160 valence electrons. The molecule has 0 unspecified atom stereocenters. The zero-order valence-electron chi connectivity index (χ0n) is 16.9. The lowest BCUT2D eigenvalue weighted by molar-refractivity contribution is 0.0740. The van der Waals surface area contributed by atoms with Gasteiger partial charge in [0.25, 0.3) is 5.91 Å². The molecule has 0 bridgehead atoms. The van der Waals surface area contributed by atoms with Crippen LogP contribution in [0, 0.1) is 24.4 Å². The van der Waals surface area contributed by atoms with Gasteiger partial charge >= 0.3 is 0 Å². The number of hydrogen-bond donors (Lipinski definition) is 0. The Hall–Kier alpha value is -2.84. The normalized spacial score (nSPS) is 17.4. The van der Waals surface area contributed by atoms with Crippen molar-refractivity contribution in [2.75, 3.05) is 49.1 Å². The molecule has 2 aliphatic heterocycles. The molecule has 3 heterocycles. The second-order valence-corrected chi connectivity index (χ2v) is 7.72. The van der Waals surface area contributed by atoms with E-state index in [4.69, 9.17) is 4.98 Å². The fourth-order valence-electron chi connectivity index (χ4n) is 3.93. The van der Waals surface area contributed by atoms with Crippen LogP contribution < -0.4 is 9.80 Å². The Bertz CT molecular complexity index is 940. The van der Waals surface area contributed by atoms with Gasteiger partial charge in [0, 0.05) is 51.0 Å². The van der Waals surface area contributed by atoms with Crippen LogP contribution in [-0.4, -0.2) is 60.0 Å². The first kappa shape index (κ1) is 20.4. The molecular weight excluding hydrogens is 395 g/mol. The Labute approximate surface area is 173 Å². The SMILES string of the molecule is Cc1cc(N2CCN(C(=O)c3ccc(F)c(F)c3F)CC2)nc(N2CCCCC2)n1. The molecular formula is C21H24F3N5O. The number of benzene rings is 1. The van der Waals surface area contributed by atoms with E-state index in [-0.39, 0.29) is 0 Å². The topological polar surface area (TPSA) is 52.6 Å². The monoisotopic (exact) mass is 419 g/mol. The molecule has 0 N–H and O–H groups in total. The number of hydrogen-bond acceptors (Lipinski definition) is 5. The maximum Gasteiger partial charge on any atom is 0.257 e. The second-order valence-electron chi connectivity index (χ2n) is 7.72. The van der Waals surface area contributed by atoms with Gasteiger partial charge in [0.15, 0.2) is 17.5 Å². The van der Waals surface area contributed by atoms with Crippen molar-refractivity contribution >= 4 is 17.7 Å². The highest BCUT2D eigenvalue weighted by Gasteiger charge is 2.27. The van der Waals surface area contributed by atoms with Crippen LogP contribution in [0.25, 0.3) is 0 Å². The number of nitrogens with zero attached hydrogens (tertiary/aromatic N) is 5. The quantitative estimate of drug-likeness (QED) is 0.716. The van der Waals surface area contributed by atoms with Crippen LogP contribution in [0.3, 0.4) is 0 Å². The van der Waals surface area contributed by atoms with Gasteiger partial charge < -0.3 is 14.7 Å². The van der Waals surface area contributed by atoms with Crippen molar-refractivity contribution in [2.24, 2.45) is 0 Å². The average molecular weight is 419 g/mol. The minimum atomic E-state index is -1.62. The lowest BCUT2D eigenvalue weighted by atomic mass is 10.1. The van der Waals surface area contributed by atoms with Gasteiger partial charge in [-0.15, -0.1) is 0 Å². The van der Waals surface area contributed by atoms with E-state index >= 15 is 0 Å². The zero-order chi connectivity index (χ0) is 21.3. The molecule has 2 saturated heterocycles. The number of aromatic nitrogens is 2. The van der Waals surface area contributed by atoms with E-state index in [2.05, 4.69) is 14.8 Å². The Balaban J connectivity index is 1.45. The Kier molecular flexibility index (Phi) is 5.78. The molecule has 2 aliphatic rings. The third-order valence-electron chi connectivity index (χ3n) is 5.62. The van der Waals surface area contributed by atoms with Gasteiger partial charge in [-0.05, 0) is 38.3 Å². The number of carbonyl (C=O) groups is 1. The number of piperazine rings is 1. The predicted molar refractivity (Wildman–Crippen MR) is 107 cm³/mol. The highest BCUT2D eigenvalue weighted by molar-refractivity contribution is 5.94. The molecule has 0 aliphatic carbocycles. The Morgan fingerprint density at radius 1 is 0.867 bits per heavy atom. The van der Waals surface area contributed by atoms with Crippen molar-refractivity contribution in [1.29, 1.82) is 0 Å². The van der Waals surface area contributed by atoms with E-state index in [9.17, 15) is 18.0 Å². The molecule has 30 heavy (non-hydrogen) atoms. The van der Waals surface area contributed by atoms with E-state index < -0.39 is 28.9 Å². The minimum Gasteiger partial charge on any atom is -0.353 e. The van der Waals surface area contributed by atoms with Gasteiger partial charge in [-0.3, -0.25) is 4.79 Å². The first-order valence-electron chi connectivity index (χ1n) is 10.2. The number of amides is 1. The fraction of sp³-hybridized carbons (Fsp3) is 0.476. The molecule has 1 amide bonds. The first-order valence-corrected chi connectivity index (χ1v) is 10.2. The van der Waals surface area contributed by atoms with Crippen LogP contribution in [0.4, 0.5) is 24.9 Å². The largest absolute Gasteiger partial charge is 0.353 e. The van der Waals surface area contributed by atoms with Gasteiger partial charge in [0.1, 0.15) is 5.82 Å². The van der Waals surface area contributed by atoms with Crippen LogP contribution in [0.15, 0.2) is 18.2 Å². The summed E-state index contributed by atoms with van der Waals surface area (Å²) in [6.07, 6.45) is 3.49. The Morgan fingerprint density at radius 3 is 2.27 bits per heavy atom. The molecule has 6 nitrogen and oxygen atoms in total.